The first kappa shape index (κ1) is 32.7. The number of carbonyl (C=O) groups excluding carboxylic acids is 4. The van der Waals surface area contributed by atoms with Crippen molar-refractivity contribution in [3.05, 3.63) is 35.9 Å². The third-order valence-electron chi connectivity index (χ3n) is 6.69. The van der Waals surface area contributed by atoms with E-state index in [0.717, 1.165) is 44.3 Å². The number of alkyl carbamates (subject to hydrolysis) is 1. The highest BCUT2D eigenvalue weighted by atomic mass is 35.5. The molecule has 222 valence electrons. The first-order chi connectivity index (χ1) is 18.9. The van der Waals surface area contributed by atoms with Gasteiger partial charge in [0, 0.05) is 32.2 Å². The number of esters is 1. The van der Waals surface area contributed by atoms with Crippen LogP contribution in [0.3, 0.4) is 0 Å². The molecule has 1 aromatic rings. The normalized spacial score (nSPS) is 17.3. The largest absolute Gasteiger partial charge is 0.466 e. The summed E-state index contributed by atoms with van der Waals surface area (Å²) in [5.74, 6) is 4.29. The molecule has 2 aliphatic rings. The molecule has 12 nitrogen and oxygen atoms in total. The van der Waals surface area contributed by atoms with Gasteiger partial charge in [-0.05, 0) is 44.1 Å². The summed E-state index contributed by atoms with van der Waals surface area (Å²) < 4.78 is 10.3. The molecule has 0 unspecified atom stereocenters. The molecule has 0 aromatic heterocycles. The van der Waals surface area contributed by atoms with Gasteiger partial charge in [-0.2, -0.15) is 5.10 Å². The van der Waals surface area contributed by atoms with Gasteiger partial charge in [-0.3, -0.25) is 14.4 Å². The van der Waals surface area contributed by atoms with Crippen molar-refractivity contribution in [1.29, 1.82) is 0 Å². The third kappa shape index (κ3) is 11.3. The van der Waals surface area contributed by atoms with E-state index in [9.17, 15) is 19.2 Å². The Bertz CT molecular complexity index is 993. The predicted octanol–water partition coefficient (Wildman–Crippen LogP) is 1.77. The van der Waals surface area contributed by atoms with Gasteiger partial charge >= 0.3 is 12.1 Å². The SMILES string of the molecule is CCOC(=O)CCN(C(=O)[C@H](CC(=O)NC[C@@H]1CCCN(C=NN)C1)NC(=O)OCc1ccccc1)C1CC1.Cl. The molecule has 1 heterocycles. The molecule has 3 rings (SSSR count). The number of likely N-dealkylation sites (tertiary alicyclic amines) is 1. The Morgan fingerprint density at radius 3 is 2.60 bits per heavy atom. The molecule has 3 amide bonds. The number of halogens is 1. The van der Waals surface area contributed by atoms with Gasteiger partial charge in [-0.15, -0.1) is 12.4 Å². The highest BCUT2D eigenvalue weighted by Crippen LogP contribution is 2.28. The van der Waals surface area contributed by atoms with Gasteiger partial charge in [0.25, 0.3) is 0 Å². The fourth-order valence-electron chi connectivity index (χ4n) is 4.59. The molecule has 13 heteroatoms. The van der Waals surface area contributed by atoms with Crippen molar-refractivity contribution in [1.82, 2.24) is 20.4 Å². The average Bonchev–Trinajstić information content (AvgIpc) is 3.77. The fourth-order valence-corrected chi connectivity index (χ4v) is 4.59. The zero-order chi connectivity index (χ0) is 28.0. The topological polar surface area (TPSA) is 156 Å². The van der Waals surface area contributed by atoms with E-state index < -0.39 is 24.0 Å². The Morgan fingerprint density at radius 1 is 1.18 bits per heavy atom. The highest BCUT2D eigenvalue weighted by Gasteiger charge is 2.37. The maximum Gasteiger partial charge on any atom is 0.408 e. The molecular formula is C27H41ClN6O6. The van der Waals surface area contributed by atoms with Gasteiger partial charge in [0.05, 0.1) is 19.4 Å². The molecule has 2 fully saturated rings. The average molecular weight is 581 g/mol. The number of hydrogen-bond acceptors (Lipinski definition) is 8. The Balaban J connectivity index is 0.00000560. The summed E-state index contributed by atoms with van der Waals surface area (Å²) in [6, 6.07) is 7.99. The smallest absolute Gasteiger partial charge is 0.408 e. The van der Waals surface area contributed by atoms with Crippen molar-refractivity contribution in [2.24, 2.45) is 16.9 Å². The molecule has 0 radical (unpaired) electrons. The van der Waals surface area contributed by atoms with Crippen LogP contribution in [-0.2, 0) is 30.5 Å². The maximum absolute atomic E-state index is 13.6. The first-order valence-corrected chi connectivity index (χ1v) is 13.6. The minimum absolute atomic E-state index is 0. The molecule has 40 heavy (non-hydrogen) atoms. The van der Waals surface area contributed by atoms with E-state index in [-0.39, 0.29) is 62.9 Å². The fraction of sp³-hybridized carbons (Fsp3) is 0.593. The summed E-state index contributed by atoms with van der Waals surface area (Å²) >= 11 is 0. The first-order valence-electron chi connectivity index (χ1n) is 13.6. The van der Waals surface area contributed by atoms with Crippen molar-refractivity contribution in [2.45, 2.75) is 64.1 Å². The summed E-state index contributed by atoms with van der Waals surface area (Å²) in [5.41, 5.74) is 0.795. The van der Waals surface area contributed by atoms with Crippen LogP contribution in [0.1, 0.15) is 51.0 Å². The van der Waals surface area contributed by atoms with E-state index in [1.165, 1.54) is 0 Å². The van der Waals surface area contributed by atoms with E-state index >= 15 is 0 Å². The number of ether oxygens (including phenoxy) is 2. The minimum Gasteiger partial charge on any atom is -0.466 e. The zero-order valence-corrected chi connectivity index (χ0v) is 23.8. The second kappa shape index (κ2) is 17.2. The Morgan fingerprint density at radius 2 is 1.93 bits per heavy atom. The molecular weight excluding hydrogens is 540 g/mol. The van der Waals surface area contributed by atoms with Gasteiger partial charge < -0.3 is 35.7 Å². The van der Waals surface area contributed by atoms with Gasteiger partial charge in [0.1, 0.15) is 19.0 Å². The Hall–Kier alpha value is -3.54. The summed E-state index contributed by atoms with van der Waals surface area (Å²) in [6.45, 7) is 4.17. The van der Waals surface area contributed by atoms with E-state index in [0.29, 0.717) is 6.54 Å². The predicted molar refractivity (Wildman–Crippen MR) is 151 cm³/mol. The van der Waals surface area contributed by atoms with Crippen molar-refractivity contribution in [3.63, 3.8) is 0 Å². The second-order valence-corrected chi connectivity index (χ2v) is 9.85. The molecule has 4 N–H and O–H groups in total. The monoisotopic (exact) mass is 580 g/mol. The number of nitrogens with two attached hydrogens (primary N) is 1. The standard InChI is InChI=1S/C27H40N6O6.ClH/c1-2-38-25(35)12-14-33(22-10-11-22)26(36)23(31-27(37)39-18-20-7-4-3-5-8-20)15-24(34)29-16-21-9-6-13-32(17-21)19-30-28;/h3-5,7-8,19,21-23H,2,6,9-18,28H2,1H3,(H,29,34)(H,31,37);1H/t21-,23-;/m0./s1. The number of rotatable bonds is 14. The summed E-state index contributed by atoms with van der Waals surface area (Å²) in [5, 5.41) is 9.06. The van der Waals surface area contributed by atoms with E-state index in [4.69, 9.17) is 15.3 Å². The molecule has 2 atom stereocenters. The molecule has 0 spiro atoms. The lowest BCUT2D eigenvalue weighted by Crippen LogP contribution is -2.52. The van der Waals surface area contributed by atoms with Crippen molar-refractivity contribution in [3.8, 4) is 0 Å². The Labute approximate surface area is 241 Å². The van der Waals surface area contributed by atoms with Crippen LogP contribution in [0.4, 0.5) is 4.79 Å². The summed E-state index contributed by atoms with van der Waals surface area (Å²) in [4.78, 5) is 54.6. The van der Waals surface area contributed by atoms with Gasteiger partial charge in [0.15, 0.2) is 0 Å². The van der Waals surface area contributed by atoms with Crippen molar-refractivity contribution in [2.75, 3.05) is 32.8 Å². The number of piperidine rings is 1. The van der Waals surface area contributed by atoms with E-state index in [1.54, 1.807) is 18.2 Å². The molecule has 0 bridgehead atoms. The number of hydrogen-bond donors (Lipinski definition) is 3. The van der Waals surface area contributed by atoms with E-state index in [1.807, 2.05) is 35.2 Å². The third-order valence-corrected chi connectivity index (χ3v) is 6.69. The number of amides is 3. The van der Waals surface area contributed by atoms with Crippen molar-refractivity contribution >= 4 is 42.6 Å². The second-order valence-electron chi connectivity index (χ2n) is 9.85. The lowest BCUT2D eigenvalue weighted by Gasteiger charge is -2.31. The molecule has 1 aliphatic carbocycles. The van der Waals surface area contributed by atoms with Crippen LogP contribution in [0.5, 0.6) is 0 Å². The zero-order valence-electron chi connectivity index (χ0n) is 23.0. The molecule has 1 saturated carbocycles. The van der Waals surface area contributed by atoms with Gasteiger partial charge in [-0.25, -0.2) is 4.79 Å². The number of hydrazone groups is 1. The lowest BCUT2D eigenvalue weighted by atomic mass is 9.98. The summed E-state index contributed by atoms with van der Waals surface area (Å²) in [7, 11) is 0. The minimum atomic E-state index is -1.14. The summed E-state index contributed by atoms with van der Waals surface area (Å²) in [6.07, 6.45) is 4.10. The number of benzene rings is 1. The molecule has 1 aliphatic heterocycles. The number of carbonyl (C=O) groups is 4. The van der Waals surface area contributed by atoms with Crippen LogP contribution in [0.15, 0.2) is 35.4 Å². The van der Waals surface area contributed by atoms with E-state index in [2.05, 4.69) is 15.7 Å². The van der Waals surface area contributed by atoms with Gasteiger partial charge in [0.2, 0.25) is 11.8 Å². The Kier molecular flexibility index (Phi) is 14.1. The van der Waals surface area contributed by atoms with Crippen molar-refractivity contribution < 1.29 is 28.7 Å². The molecule has 1 saturated heterocycles. The maximum atomic E-state index is 13.6. The van der Waals surface area contributed by atoms with Crippen LogP contribution in [0, 0.1) is 5.92 Å². The highest BCUT2D eigenvalue weighted by molar-refractivity contribution is 5.91. The molecule has 1 aromatic carbocycles. The van der Waals surface area contributed by atoms with Crippen LogP contribution in [-0.4, -0.2) is 84.9 Å². The van der Waals surface area contributed by atoms with Crippen LogP contribution < -0.4 is 16.5 Å². The van der Waals surface area contributed by atoms with Crippen LogP contribution in [0.25, 0.3) is 0 Å². The lowest BCUT2D eigenvalue weighted by molar-refractivity contribution is -0.144. The van der Waals surface area contributed by atoms with Crippen LogP contribution in [0.2, 0.25) is 0 Å². The number of nitrogens with zero attached hydrogens (tertiary/aromatic N) is 3. The number of nitrogens with one attached hydrogen (secondary N) is 2. The quantitative estimate of drug-likeness (QED) is 0.0988. The van der Waals surface area contributed by atoms with Gasteiger partial charge in [-0.1, -0.05) is 30.3 Å². The van der Waals surface area contributed by atoms with Crippen LogP contribution >= 0.6 is 12.4 Å².